The van der Waals surface area contributed by atoms with Crippen molar-refractivity contribution in [1.82, 2.24) is 0 Å². The van der Waals surface area contributed by atoms with Crippen LogP contribution in [0.3, 0.4) is 0 Å². The highest BCUT2D eigenvalue weighted by molar-refractivity contribution is 5.70. The second kappa shape index (κ2) is 29.2. The molecule has 0 saturated carbocycles. The molecule has 0 heterocycles. The second-order valence-corrected chi connectivity index (χ2v) is 11.1. The van der Waals surface area contributed by atoms with E-state index in [1.165, 1.54) is 0 Å². The highest BCUT2D eigenvalue weighted by atomic mass is 17.0. The minimum absolute atomic E-state index is 0.0886. The maximum atomic E-state index is 13.3. The van der Waals surface area contributed by atoms with Crippen LogP contribution in [0.25, 0.3) is 0 Å². The number of carbonyl (C=O) groups is 2. The van der Waals surface area contributed by atoms with Crippen LogP contribution in [-0.2, 0) is 61.7 Å². The average molecular weight is 711 g/mol. The van der Waals surface area contributed by atoms with E-state index in [0.717, 1.165) is 38.5 Å². The standard InChI is InChI=1S/C36H70O13/c1-10-19-25-29-39-33(34(40-12-3,41-13-4)42-14-5)48-31(37)27-23-21-22-24-28-32(38)49-36(46-18-9,47-30-26-20-11-2)35(43-15-6,44-16-7)45-17-8/h33H,10-30H2,1-9H3. The van der Waals surface area contributed by atoms with Crippen LogP contribution in [0.5, 0.6) is 0 Å². The van der Waals surface area contributed by atoms with Gasteiger partial charge in [0.25, 0.3) is 6.29 Å². The summed E-state index contributed by atoms with van der Waals surface area (Å²) in [5, 5.41) is 0. The van der Waals surface area contributed by atoms with Gasteiger partial charge in [0.05, 0.1) is 19.8 Å². The minimum atomic E-state index is -2.06. The number of ether oxygens (including phenoxy) is 11. The lowest BCUT2D eigenvalue weighted by atomic mass is 10.1. The zero-order valence-corrected chi connectivity index (χ0v) is 32.2. The van der Waals surface area contributed by atoms with Crippen LogP contribution in [0.1, 0.15) is 139 Å². The molecule has 0 aliphatic heterocycles. The number of rotatable bonds is 35. The first kappa shape index (κ1) is 47.6. The number of unbranched alkanes of at least 4 members (excludes halogenated alkanes) is 7. The van der Waals surface area contributed by atoms with Crippen LogP contribution in [0.2, 0.25) is 0 Å². The molecule has 49 heavy (non-hydrogen) atoms. The summed E-state index contributed by atoms with van der Waals surface area (Å²) in [7, 11) is 0. The lowest BCUT2D eigenvalue weighted by molar-refractivity contribution is -0.550. The van der Waals surface area contributed by atoms with Crippen molar-refractivity contribution < 1.29 is 61.7 Å². The van der Waals surface area contributed by atoms with Gasteiger partial charge in [0, 0.05) is 52.5 Å². The van der Waals surface area contributed by atoms with Gasteiger partial charge in [0.1, 0.15) is 0 Å². The molecular formula is C36H70O13. The van der Waals surface area contributed by atoms with Gasteiger partial charge in [-0.05, 0) is 74.1 Å². The molecule has 0 aromatic carbocycles. The van der Waals surface area contributed by atoms with E-state index in [-0.39, 0.29) is 65.7 Å². The summed E-state index contributed by atoms with van der Waals surface area (Å²) in [5.74, 6) is -6.63. The Kier molecular flexibility index (Phi) is 28.3. The van der Waals surface area contributed by atoms with Crippen molar-refractivity contribution >= 4 is 11.9 Å². The fourth-order valence-electron chi connectivity index (χ4n) is 5.00. The molecule has 0 rings (SSSR count). The molecule has 13 nitrogen and oxygen atoms in total. The van der Waals surface area contributed by atoms with Crippen molar-refractivity contribution in [3.05, 3.63) is 0 Å². The van der Waals surface area contributed by atoms with Gasteiger partial charge in [-0.25, -0.2) is 0 Å². The molecule has 0 aromatic heterocycles. The predicted molar refractivity (Wildman–Crippen MR) is 184 cm³/mol. The SMILES string of the molecule is CCCCCOC(OC(=O)CCCCCCC(=O)OC(OCC)(OCCCCC)C(OCC)(OCC)OCC)C(OCC)(OCC)OCC. The summed E-state index contributed by atoms with van der Waals surface area (Å²) in [6.07, 6.45) is 6.91. The lowest BCUT2D eigenvalue weighted by Crippen LogP contribution is -2.65. The molecule has 2 atom stereocenters. The summed E-state index contributed by atoms with van der Waals surface area (Å²) in [6, 6.07) is 0. The molecule has 0 N–H and O–H groups in total. The Hall–Kier alpha value is -1.42. The quantitative estimate of drug-likeness (QED) is 0.0368. The highest BCUT2D eigenvalue weighted by Gasteiger charge is 2.63. The summed E-state index contributed by atoms with van der Waals surface area (Å²) < 4.78 is 65.0. The van der Waals surface area contributed by atoms with Crippen molar-refractivity contribution in [2.24, 2.45) is 0 Å². The molecule has 2 unspecified atom stereocenters. The number of hydrogen-bond donors (Lipinski definition) is 0. The lowest BCUT2D eigenvalue weighted by Gasteiger charge is -2.44. The van der Waals surface area contributed by atoms with E-state index >= 15 is 0 Å². The van der Waals surface area contributed by atoms with Crippen molar-refractivity contribution in [3.63, 3.8) is 0 Å². The minimum Gasteiger partial charge on any atom is -0.427 e. The van der Waals surface area contributed by atoms with E-state index in [4.69, 9.17) is 52.1 Å². The molecule has 0 amide bonds. The van der Waals surface area contributed by atoms with Gasteiger partial charge in [-0.3, -0.25) is 9.59 Å². The molecular weight excluding hydrogens is 640 g/mol. The highest BCUT2D eigenvalue weighted by Crippen LogP contribution is 2.37. The van der Waals surface area contributed by atoms with E-state index in [9.17, 15) is 9.59 Å². The molecule has 0 spiro atoms. The van der Waals surface area contributed by atoms with Gasteiger partial charge in [-0.1, -0.05) is 52.4 Å². The maximum absolute atomic E-state index is 13.3. The molecule has 0 aliphatic rings. The molecule has 0 fully saturated rings. The fourth-order valence-corrected chi connectivity index (χ4v) is 5.00. The summed E-state index contributed by atoms with van der Waals surface area (Å²) >= 11 is 0. The molecule has 0 radical (unpaired) electrons. The average Bonchev–Trinajstić information content (AvgIpc) is 3.06. The van der Waals surface area contributed by atoms with Crippen LogP contribution in [0.15, 0.2) is 0 Å². The molecule has 13 heteroatoms. The molecule has 0 aliphatic carbocycles. The van der Waals surface area contributed by atoms with E-state index in [1.807, 2.05) is 20.8 Å². The molecule has 292 valence electrons. The van der Waals surface area contributed by atoms with Gasteiger partial charge in [0.15, 0.2) is 0 Å². The number of carbonyl (C=O) groups excluding carboxylic acids is 2. The Morgan fingerprint density at radius 3 is 1.33 bits per heavy atom. The number of esters is 2. The predicted octanol–water partition coefficient (Wildman–Crippen LogP) is 7.37. The smallest absolute Gasteiger partial charge is 0.416 e. The third-order valence-electron chi connectivity index (χ3n) is 7.09. The van der Waals surface area contributed by atoms with Gasteiger partial charge >= 0.3 is 29.9 Å². The van der Waals surface area contributed by atoms with E-state index in [0.29, 0.717) is 32.3 Å². The zero-order valence-electron chi connectivity index (χ0n) is 32.2. The molecule has 0 bridgehead atoms. The second-order valence-electron chi connectivity index (χ2n) is 11.1. The van der Waals surface area contributed by atoms with E-state index in [1.54, 1.807) is 27.7 Å². The molecule has 0 saturated heterocycles. The summed E-state index contributed by atoms with van der Waals surface area (Å²) in [6.45, 7) is 18.9. The normalized spacial score (nSPS) is 14.1. The van der Waals surface area contributed by atoms with Crippen molar-refractivity contribution in [1.29, 1.82) is 0 Å². The summed E-state index contributed by atoms with van der Waals surface area (Å²) in [5.41, 5.74) is 0. The third-order valence-corrected chi connectivity index (χ3v) is 7.09. The van der Waals surface area contributed by atoms with Crippen molar-refractivity contribution in [3.8, 4) is 0 Å². The Labute approximate surface area is 296 Å². The van der Waals surface area contributed by atoms with E-state index < -0.39 is 36.1 Å². The van der Waals surface area contributed by atoms with Gasteiger partial charge in [-0.15, -0.1) is 0 Å². The Bertz CT molecular complexity index is 778. The maximum Gasteiger partial charge on any atom is 0.416 e. The molecule has 0 aromatic rings. The Balaban J connectivity index is 5.41. The van der Waals surface area contributed by atoms with Crippen LogP contribution >= 0.6 is 0 Å². The largest absolute Gasteiger partial charge is 0.427 e. The van der Waals surface area contributed by atoms with Gasteiger partial charge in [-0.2, -0.15) is 0 Å². The van der Waals surface area contributed by atoms with Crippen LogP contribution in [-0.4, -0.2) is 95.6 Å². The first-order valence-electron chi connectivity index (χ1n) is 18.8. The van der Waals surface area contributed by atoms with Crippen LogP contribution in [0, 0.1) is 0 Å². The monoisotopic (exact) mass is 710 g/mol. The number of hydrogen-bond acceptors (Lipinski definition) is 13. The topological polar surface area (TPSA) is 136 Å². The van der Waals surface area contributed by atoms with Gasteiger partial charge in [0.2, 0.25) is 0 Å². The van der Waals surface area contributed by atoms with Gasteiger partial charge < -0.3 is 52.1 Å². The zero-order chi connectivity index (χ0) is 36.9. The summed E-state index contributed by atoms with van der Waals surface area (Å²) in [4.78, 5) is 26.2. The van der Waals surface area contributed by atoms with E-state index in [2.05, 4.69) is 13.8 Å². The fraction of sp³-hybridized carbons (Fsp3) is 0.944. The first-order valence-corrected chi connectivity index (χ1v) is 18.8. The third kappa shape index (κ3) is 17.6. The Morgan fingerprint density at radius 2 is 0.878 bits per heavy atom. The Morgan fingerprint density at radius 1 is 0.449 bits per heavy atom. The van der Waals surface area contributed by atoms with Crippen LogP contribution in [0.4, 0.5) is 0 Å². The van der Waals surface area contributed by atoms with Crippen molar-refractivity contribution in [2.75, 3.05) is 59.5 Å². The van der Waals surface area contributed by atoms with Crippen molar-refractivity contribution in [2.45, 2.75) is 164 Å². The van der Waals surface area contributed by atoms with Crippen LogP contribution < -0.4 is 0 Å². The first-order chi connectivity index (χ1) is 23.7.